The van der Waals surface area contributed by atoms with Gasteiger partial charge in [0, 0.05) is 24.6 Å². The average molecular weight is 475 g/mol. The third-order valence-corrected chi connectivity index (χ3v) is 5.53. The van der Waals surface area contributed by atoms with E-state index >= 15 is 0 Å². The van der Waals surface area contributed by atoms with Crippen molar-refractivity contribution in [1.82, 2.24) is 14.3 Å². The molecule has 3 aromatic heterocycles. The number of nitrogens with zero attached hydrogens (tertiary/aromatic N) is 4. The van der Waals surface area contributed by atoms with Gasteiger partial charge in [0.25, 0.3) is 5.91 Å². The Hall–Kier alpha value is -4.65. The molecule has 10 heteroatoms. The van der Waals surface area contributed by atoms with E-state index in [1.165, 1.54) is 18.2 Å². The zero-order chi connectivity index (χ0) is 24.9. The minimum Gasteiger partial charge on any atom is -0.452 e. The molecule has 0 saturated heterocycles. The van der Waals surface area contributed by atoms with Crippen molar-refractivity contribution in [2.75, 3.05) is 11.9 Å². The van der Waals surface area contributed by atoms with Crippen LogP contribution in [0, 0.1) is 31.0 Å². The van der Waals surface area contributed by atoms with Gasteiger partial charge in [-0.1, -0.05) is 12.1 Å². The summed E-state index contributed by atoms with van der Waals surface area (Å²) in [5, 5.41) is 16.4. The van der Waals surface area contributed by atoms with Crippen LogP contribution in [-0.2, 0) is 22.6 Å². The monoisotopic (exact) mass is 475 g/mol. The van der Waals surface area contributed by atoms with E-state index in [1.54, 1.807) is 52.8 Å². The fourth-order valence-electron chi connectivity index (χ4n) is 3.60. The second kappa shape index (κ2) is 10.1. The molecule has 178 valence electrons. The summed E-state index contributed by atoms with van der Waals surface area (Å²) in [6, 6.07) is 12.9. The molecule has 0 spiro atoms. The van der Waals surface area contributed by atoms with Crippen LogP contribution in [0.5, 0.6) is 0 Å². The molecular weight excluding hydrogens is 453 g/mol. The van der Waals surface area contributed by atoms with E-state index in [2.05, 4.69) is 16.5 Å². The van der Waals surface area contributed by atoms with Gasteiger partial charge in [-0.2, -0.15) is 10.4 Å². The van der Waals surface area contributed by atoms with Crippen molar-refractivity contribution in [2.24, 2.45) is 0 Å². The van der Waals surface area contributed by atoms with E-state index in [0.717, 1.165) is 11.3 Å². The predicted molar refractivity (Wildman–Crippen MR) is 123 cm³/mol. The first kappa shape index (κ1) is 23.5. The van der Waals surface area contributed by atoms with Crippen molar-refractivity contribution < 1.29 is 23.1 Å². The van der Waals surface area contributed by atoms with Crippen LogP contribution in [0.15, 0.2) is 59.3 Å². The van der Waals surface area contributed by atoms with Gasteiger partial charge in [0.2, 0.25) is 5.76 Å². The number of amides is 1. The van der Waals surface area contributed by atoms with E-state index < -0.39 is 18.5 Å². The maximum absolute atomic E-state index is 13.3. The van der Waals surface area contributed by atoms with E-state index in [4.69, 9.17) is 9.15 Å². The third-order valence-electron chi connectivity index (χ3n) is 5.53. The lowest BCUT2D eigenvalue weighted by molar-refractivity contribution is -0.119. The normalized spacial score (nSPS) is 10.7. The first-order chi connectivity index (χ1) is 16.9. The fraction of sp³-hybridized carbons (Fsp3) is 0.200. The molecule has 1 amide bonds. The Bertz CT molecular complexity index is 1390. The number of ether oxygens (including phenoxy) is 1. The van der Waals surface area contributed by atoms with Crippen molar-refractivity contribution in [3.63, 3.8) is 0 Å². The first-order valence-corrected chi connectivity index (χ1v) is 10.7. The first-order valence-electron chi connectivity index (χ1n) is 10.7. The summed E-state index contributed by atoms with van der Waals surface area (Å²) >= 11 is 0. The van der Waals surface area contributed by atoms with Gasteiger partial charge < -0.3 is 19.0 Å². The summed E-state index contributed by atoms with van der Waals surface area (Å²) in [4.78, 5) is 24.9. The van der Waals surface area contributed by atoms with Gasteiger partial charge in [-0.25, -0.2) is 9.18 Å². The number of anilines is 1. The summed E-state index contributed by atoms with van der Waals surface area (Å²) in [5.74, 6) is -1.01. The standard InChI is InChI=1S/C25H22FN5O4/c1-16-17(2)31(13-18-4-6-19(26)7-5-18)24(21(16)12-27)29-23(32)15-34-25(33)22-9-8-20(35-22)14-30-11-3-10-28-30/h3-11H,13-15H2,1-2H3,(H,29,32). The highest BCUT2D eigenvalue weighted by molar-refractivity contribution is 5.95. The Balaban J connectivity index is 1.42. The van der Waals surface area contributed by atoms with Crippen molar-refractivity contribution >= 4 is 17.7 Å². The van der Waals surface area contributed by atoms with Crippen LogP contribution < -0.4 is 5.32 Å². The van der Waals surface area contributed by atoms with Gasteiger partial charge in [0.1, 0.15) is 23.5 Å². The van der Waals surface area contributed by atoms with Crippen LogP contribution in [0.1, 0.15) is 38.7 Å². The quantitative estimate of drug-likeness (QED) is 0.388. The largest absolute Gasteiger partial charge is 0.452 e. The molecule has 1 aromatic carbocycles. The molecule has 35 heavy (non-hydrogen) atoms. The SMILES string of the molecule is Cc1c(C#N)c(NC(=O)COC(=O)c2ccc(Cn3cccn3)o2)n(Cc2ccc(F)cc2)c1C. The number of nitrogens with one attached hydrogen (secondary N) is 1. The molecule has 0 bridgehead atoms. The van der Waals surface area contributed by atoms with Gasteiger partial charge in [-0.3, -0.25) is 9.48 Å². The van der Waals surface area contributed by atoms with Crippen LogP contribution in [0.25, 0.3) is 0 Å². The zero-order valence-corrected chi connectivity index (χ0v) is 19.1. The van der Waals surface area contributed by atoms with E-state index in [1.807, 2.05) is 6.92 Å². The van der Waals surface area contributed by atoms with Gasteiger partial charge in [-0.15, -0.1) is 0 Å². The van der Waals surface area contributed by atoms with Gasteiger partial charge in [0.15, 0.2) is 6.61 Å². The molecule has 0 saturated carbocycles. The summed E-state index contributed by atoms with van der Waals surface area (Å²) in [5.41, 5.74) is 2.58. The molecule has 0 aliphatic heterocycles. The number of carbonyl (C=O) groups excluding carboxylic acids is 2. The second-order valence-corrected chi connectivity index (χ2v) is 7.85. The number of furan rings is 1. The van der Waals surface area contributed by atoms with Crippen LogP contribution >= 0.6 is 0 Å². The highest BCUT2D eigenvalue weighted by Crippen LogP contribution is 2.27. The Labute approximate surface area is 200 Å². The maximum atomic E-state index is 13.3. The summed E-state index contributed by atoms with van der Waals surface area (Å²) in [7, 11) is 0. The van der Waals surface area contributed by atoms with Crippen molar-refractivity contribution in [1.29, 1.82) is 5.26 Å². The Kier molecular flexibility index (Phi) is 6.78. The summed E-state index contributed by atoms with van der Waals surface area (Å²) in [6.45, 7) is 3.70. The van der Waals surface area contributed by atoms with Crippen LogP contribution in [0.3, 0.4) is 0 Å². The van der Waals surface area contributed by atoms with Gasteiger partial charge in [0.05, 0.1) is 12.1 Å². The summed E-state index contributed by atoms with van der Waals surface area (Å²) in [6.07, 6.45) is 3.39. The number of halogens is 1. The van der Waals surface area contributed by atoms with E-state index in [-0.39, 0.29) is 17.4 Å². The molecule has 0 fully saturated rings. The van der Waals surface area contributed by atoms with Crippen LogP contribution in [0.2, 0.25) is 0 Å². The van der Waals surface area contributed by atoms with Crippen LogP contribution in [-0.4, -0.2) is 32.8 Å². The minimum absolute atomic E-state index is 0.0379. The number of nitriles is 1. The number of aromatic nitrogens is 3. The molecule has 0 atom stereocenters. The molecular formula is C25H22FN5O4. The van der Waals surface area contributed by atoms with Gasteiger partial charge >= 0.3 is 5.97 Å². The summed E-state index contributed by atoms with van der Waals surface area (Å²) < 4.78 is 27.2. The second-order valence-electron chi connectivity index (χ2n) is 7.85. The number of hydrogen-bond donors (Lipinski definition) is 1. The molecule has 0 radical (unpaired) electrons. The molecule has 3 heterocycles. The van der Waals surface area contributed by atoms with Crippen molar-refractivity contribution in [2.45, 2.75) is 26.9 Å². The Morgan fingerprint density at radius 1 is 1.17 bits per heavy atom. The van der Waals surface area contributed by atoms with Crippen molar-refractivity contribution in [3.8, 4) is 6.07 Å². The molecule has 0 aliphatic carbocycles. The van der Waals surface area contributed by atoms with Crippen LogP contribution in [0.4, 0.5) is 10.2 Å². The highest BCUT2D eigenvalue weighted by Gasteiger charge is 2.21. The maximum Gasteiger partial charge on any atom is 0.374 e. The molecule has 0 aliphatic rings. The lowest BCUT2D eigenvalue weighted by Crippen LogP contribution is -2.23. The topological polar surface area (TPSA) is 115 Å². The molecule has 0 unspecified atom stereocenters. The number of carbonyl (C=O) groups is 2. The Morgan fingerprint density at radius 3 is 2.63 bits per heavy atom. The minimum atomic E-state index is -0.790. The van der Waals surface area contributed by atoms with Crippen molar-refractivity contribution in [3.05, 3.63) is 94.6 Å². The van der Waals surface area contributed by atoms with E-state index in [0.29, 0.717) is 30.0 Å². The fourth-order valence-corrected chi connectivity index (χ4v) is 3.60. The van der Waals surface area contributed by atoms with E-state index in [9.17, 15) is 19.2 Å². The van der Waals surface area contributed by atoms with Gasteiger partial charge in [-0.05, 0) is 55.3 Å². The highest BCUT2D eigenvalue weighted by atomic mass is 19.1. The Morgan fingerprint density at radius 2 is 1.94 bits per heavy atom. The average Bonchev–Trinajstić information content (AvgIpc) is 3.58. The third kappa shape index (κ3) is 5.30. The number of hydrogen-bond acceptors (Lipinski definition) is 6. The zero-order valence-electron chi connectivity index (χ0n) is 19.1. The molecule has 4 aromatic rings. The number of rotatable bonds is 8. The molecule has 9 nitrogen and oxygen atoms in total. The predicted octanol–water partition coefficient (Wildman–Crippen LogP) is 3.80. The smallest absolute Gasteiger partial charge is 0.374 e. The number of esters is 1. The lowest BCUT2D eigenvalue weighted by atomic mass is 10.2. The number of benzene rings is 1. The molecule has 4 rings (SSSR count). The lowest BCUT2D eigenvalue weighted by Gasteiger charge is -2.13. The molecule has 1 N–H and O–H groups in total.